The van der Waals surface area contributed by atoms with Gasteiger partial charge < -0.3 is 5.11 Å². The maximum absolute atomic E-state index is 11.4. The number of nitrogens with one attached hydrogen (secondary N) is 2. The highest BCUT2D eigenvalue weighted by Crippen LogP contribution is 2.16. The van der Waals surface area contributed by atoms with Crippen molar-refractivity contribution in [3.05, 3.63) is 12.0 Å². The first-order valence-corrected chi connectivity index (χ1v) is 3.71. The van der Waals surface area contributed by atoms with Crippen molar-refractivity contribution in [2.75, 3.05) is 12.5 Å². The first-order chi connectivity index (χ1) is 6.61. The minimum atomic E-state index is -1.19. The number of aromatic carboxylic acids is 1. The Kier molecular flexibility index (Phi) is 1.64. The number of hydrogen-bond donors (Lipinski definition) is 3. The van der Waals surface area contributed by atoms with E-state index in [0.29, 0.717) is 0 Å². The molecule has 0 saturated carbocycles. The number of imidazole rings is 1. The molecule has 1 aliphatic heterocycles. The number of anilines is 1. The fraction of sp³-hybridized carbons (Fsp3) is 0.167. The van der Waals surface area contributed by atoms with Gasteiger partial charge in [-0.1, -0.05) is 0 Å². The standard InChI is InChI=1S/C6H7N5O3/c1-10-6(14)11-2-7-3(5(12)13)4(11)8-9-10/h2,8-9H,1H3,(H,12,13). The maximum Gasteiger partial charge on any atom is 0.358 e. The molecule has 2 rings (SSSR count). The number of fused-ring (bicyclic) bond motifs is 1. The predicted octanol–water partition coefficient (Wildman–Crippen LogP) is -0.674. The molecule has 0 atom stereocenters. The molecule has 1 aromatic heterocycles. The van der Waals surface area contributed by atoms with Crippen molar-refractivity contribution in [3.63, 3.8) is 0 Å². The fourth-order valence-corrected chi connectivity index (χ4v) is 1.12. The third-order valence-corrected chi connectivity index (χ3v) is 1.81. The highest BCUT2D eigenvalue weighted by atomic mass is 16.4. The van der Waals surface area contributed by atoms with Gasteiger partial charge in [0.2, 0.25) is 0 Å². The summed E-state index contributed by atoms with van der Waals surface area (Å²) in [6, 6.07) is -0.404. The fourth-order valence-electron chi connectivity index (χ4n) is 1.12. The summed E-state index contributed by atoms with van der Waals surface area (Å²) in [5.74, 6) is -1.06. The molecule has 14 heavy (non-hydrogen) atoms. The van der Waals surface area contributed by atoms with Gasteiger partial charge in [0.15, 0.2) is 11.5 Å². The molecule has 0 fully saturated rings. The van der Waals surface area contributed by atoms with Gasteiger partial charge in [0, 0.05) is 7.05 Å². The molecule has 8 nitrogen and oxygen atoms in total. The smallest absolute Gasteiger partial charge is 0.358 e. The first kappa shape index (κ1) is 8.51. The number of carboxylic acid groups (broad SMARTS) is 1. The van der Waals surface area contributed by atoms with Crippen molar-refractivity contribution in [1.29, 1.82) is 0 Å². The number of hydrogen-bond acceptors (Lipinski definition) is 5. The molecule has 0 spiro atoms. The highest BCUT2D eigenvalue weighted by molar-refractivity contribution is 5.94. The van der Waals surface area contributed by atoms with Crippen LogP contribution < -0.4 is 11.0 Å². The number of carbonyl (C=O) groups excluding carboxylic acids is 1. The second kappa shape index (κ2) is 2.70. The molecule has 0 aliphatic carbocycles. The molecule has 1 aliphatic rings. The summed E-state index contributed by atoms with van der Waals surface area (Å²) in [4.78, 5) is 25.7. The van der Waals surface area contributed by atoms with Crippen molar-refractivity contribution in [2.45, 2.75) is 0 Å². The summed E-state index contributed by atoms with van der Waals surface area (Å²) < 4.78 is 1.11. The van der Waals surface area contributed by atoms with E-state index in [1.807, 2.05) is 0 Å². The largest absolute Gasteiger partial charge is 0.476 e. The Bertz CT molecular complexity index is 412. The molecule has 2 heterocycles. The summed E-state index contributed by atoms with van der Waals surface area (Å²) in [7, 11) is 1.50. The number of amides is 1. The molecule has 0 unspecified atom stereocenters. The number of carboxylic acids is 1. The van der Waals surface area contributed by atoms with Gasteiger partial charge >= 0.3 is 12.0 Å². The lowest BCUT2D eigenvalue weighted by Crippen LogP contribution is -2.50. The lowest BCUT2D eigenvalue weighted by molar-refractivity contribution is 0.0692. The number of rotatable bonds is 1. The van der Waals surface area contributed by atoms with Gasteiger partial charge in [-0.3, -0.25) is 5.43 Å². The van der Waals surface area contributed by atoms with Gasteiger partial charge in [-0.2, -0.15) is 0 Å². The van der Waals surface area contributed by atoms with Crippen LogP contribution in [0.5, 0.6) is 0 Å². The number of aromatic nitrogens is 2. The Morgan fingerprint density at radius 1 is 1.64 bits per heavy atom. The van der Waals surface area contributed by atoms with E-state index >= 15 is 0 Å². The van der Waals surface area contributed by atoms with Crippen LogP contribution in [0.1, 0.15) is 10.5 Å². The molecule has 0 bridgehead atoms. The summed E-state index contributed by atoms with van der Waals surface area (Å²) in [5, 5.41) is 9.88. The van der Waals surface area contributed by atoms with Crippen molar-refractivity contribution in [3.8, 4) is 0 Å². The predicted molar refractivity (Wildman–Crippen MR) is 44.5 cm³/mol. The SMILES string of the molecule is CN1NNc2c(C(=O)O)ncn2C1=O. The van der Waals surface area contributed by atoms with Crippen LogP contribution in [-0.4, -0.2) is 38.7 Å². The average molecular weight is 197 g/mol. The van der Waals surface area contributed by atoms with Crippen LogP contribution in [0.15, 0.2) is 6.33 Å². The monoisotopic (exact) mass is 197 g/mol. The van der Waals surface area contributed by atoms with Crippen LogP contribution in [0.2, 0.25) is 0 Å². The van der Waals surface area contributed by atoms with Crippen molar-refractivity contribution in [1.82, 2.24) is 20.1 Å². The summed E-state index contributed by atoms with van der Waals surface area (Å²) >= 11 is 0. The Morgan fingerprint density at radius 3 is 3.00 bits per heavy atom. The number of carbonyl (C=O) groups is 2. The van der Waals surface area contributed by atoms with Crippen molar-refractivity contribution in [2.24, 2.45) is 0 Å². The molecule has 1 amide bonds. The summed E-state index contributed by atoms with van der Waals surface area (Å²) in [6.07, 6.45) is 1.16. The summed E-state index contributed by atoms with van der Waals surface area (Å²) in [5.41, 5.74) is 4.83. The molecule has 0 saturated heterocycles. The minimum Gasteiger partial charge on any atom is -0.476 e. The zero-order valence-corrected chi connectivity index (χ0v) is 7.18. The lowest BCUT2D eigenvalue weighted by atomic mass is 10.4. The Morgan fingerprint density at radius 2 is 2.36 bits per heavy atom. The van der Waals surface area contributed by atoms with E-state index in [9.17, 15) is 9.59 Å². The van der Waals surface area contributed by atoms with Crippen LogP contribution >= 0.6 is 0 Å². The van der Waals surface area contributed by atoms with Crippen molar-refractivity contribution < 1.29 is 14.7 Å². The lowest BCUT2D eigenvalue weighted by Gasteiger charge is -2.25. The second-order valence-electron chi connectivity index (χ2n) is 2.70. The normalized spacial score (nSPS) is 14.9. The zero-order chi connectivity index (χ0) is 10.3. The molecule has 74 valence electrons. The Labute approximate surface area is 78.1 Å². The minimum absolute atomic E-state index is 0.126. The molecule has 1 aromatic rings. The number of hydrazine groups is 2. The van der Waals surface area contributed by atoms with Crippen LogP contribution in [-0.2, 0) is 0 Å². The third-order valence-electron chi connectivity index (χ3n) is 1.81. The van der Waals surface area contributed by atoms with E-state index < -0.39 is 12.0 Å². The molecular formula is C6H7N5O3. The topological polar surface area (TPSA) is 99.5 Å². The molecule has 0 radical (unpaired) electrons. The van der Waals surface area contributed by atoms with E-state index in [4.69, 9.17) is 5.11 Å². The average Bonchev–Trinajstić information content (AvgIpc) is 2.55. The maximum atomic E-state index is 11.4. The quantitative estimate of drug-likeness (QED) is 0.552. The highest BCUT2D eigenvalue weighted by Gasteiger charge is 2.26. The van der Waals surface area contributed by atoms with Gasteiger partial charge in [-0.25, -0.2) is 24.1 Å². The number of nitrogens with zero attached hydrogens (tertiary/aromatic N) is 3. The van der Waals surface area contributed by atoms with Crippen LogP contribution in [0.4, 0.5) is 10.6 Å². The Balaban J connectivity index is 2.51. The summed E-state index contributed by atoms with van der Waals surface area (Å²) in [6.45, 7) is 0. The van der Waals surface area contributed by atoms with Gasteiger partial charge in [0.05, 0.1) is 0 Å². The van der Waals surface area contributed by atoms with Gasteiger partial charge in [-0.05, 0) is 0 Å². The van der Waals surface area contributed by atoms with Crippen LogP contribution in [0.25, 0.3) is 0 Å². The van der Waals surface area contributed by atoms with E-state index in [-0.39, 0.29) is 11.5 Å². The third kappa shape index (κ3) is 1.01. The molecule has 3 N–H and O–H groups in total. The van der Waals surface area contributed by atoms with E-state index in [1.165, 1.54) is 12.1 Å². The molecular weight excluding hydrogens is 190 g/mol. The molecule has 8 heteroatoms. The Hall–Kier alpha value is -2.09. The first-order valence-electron chi connectivity index (χ1n) is 3.71. The second-order valence-corrected chi connectivity index (χ2v) is 2.70. The van der Waals surface area contributed by atoms with E-state index in [2.05, 4.69) is 15.9 Å². The molecule has 0 aromatic carbocycles. The van der Waals surface area contributed by atoms with Gasteiger partial charge in [0.1, 0.15) is 6.33 Å². The van der Waals surface area contributed by atoms with Gasteiger partial charge in [0.25, 0.3) is 0 Å². The van der Waals surface area contributed by atoms with Crippen LogP contribution in [0.3, 0.4) is 0 Å². The van der Waals surface area contributed by atoms with Crippen LogP contribution in [0, 0.1) is 0 Å². The van der Waals surface area contributed by atoms with E-state index in [1.54, 1.807) is 0 Å². The van der Waals surface area contributed by atoms with E-state index in [0.717, 1.165) is 10.9 Å². The van der Waals surface area contributed by atoms with Gasteiger partial charge in [-0.15, -0.1) is 5.53 Å². The van der Waals surface area contributed by atoms with Crippen molar-refractivity contribution >= 4 is 17.8 Å². The zero-order valence-electron chi connectivity index (χ0n) is 7.18.